The van der Waals surface area contributed by atoms with E-state index in [1.807, 2.05) is 72.8 Å². The minimum atomic E-state index is 0.727. The first-order valence-corrected chi connectivity index (χ1v) is 6.69. The Bertz CT molecular complexity index is 727. The molecule has 1 aromatic heterocycles. The van der Waals surface area contributed by atoms with Crippen molar-refractivity contribution in [1.82, 2.24) is 5.16 Å². The van der Waals surface area contributed by atoms with Crippen LogP contribution in [0.5, 0.6) is 5.75 Å². The largest absolute Gasteiger partial charge is 0.497 e. The van der Waals surface area contributed by atoms with Crippen molar-refractivity contribution in [3.05, 3.63) is 72.0 Å². The predicted molar refractivity (Wildman–Crippen MR) is 83.9 cm³/mol. The number of ether oxygens (including phenoxy) is 1. The first-order valence-electron chi connectivity index (χ1n) is 6.69. The highest BCUT2D eigenvalue weighted by Gasteiger charge is 2.04. The van der Waals surface area contributed by atoms with Crippen LogP contribution in [0.25, 0.3) is 23.4 Å². The number of methoxy groups -OCH3 is 1. The molecular weight excluding hydrogens is 262 g/mol. The van der Waals surface area contributed by atoms with E-state index in [9.17, 15) is 0 Å². The summed E-state index contributed by atoms with van der Waals surface area (Å²) in [6.45, 7) is 0. The van der Waals surface area contributed by atoms with E-state index in [1.165, 1.54) is 0 Å². The van der Waals surface area contributed by atoms with Crippen LogP contribution in [0.4, 0.5) is 0 Å². The van der Waals surface area contributed by atoms with Gasteiger partial charge in [0.15, 0.2) is 5.76 Å². The molecule has 0 atom stereocenters. The highest BCUT2D eigenvalue weighted by molar-refractivity contribution is 5.70. The Balaban J connectivity index is 1.78. The maximum atomic E-state index is 5.33. The van der Waals surface area contributed by atoms with Crippen LogP contribution in [0.3, 0.4) is 0 Å². The zero-order valence-corrected chi connectivity index (χ0v) is 11.7. The average molecular weight is 277 g/mol. The Morgan fingerprint density at radius 3 is 2.43 bits per heavy atom. The van der Waals surface area contributed by atoms with Crippen LogP contribution in [0.2, 0.25) is 0 Å². The second kappa shape index (κ2) is 6.09. The van der Waals surface area contributed by atoms with Gasteiger partial charge in [0.25, 0.3) is 0 Å². The fourth-order valence-corrected chi connectivity index (χ4v) is 2.01. The van der Waals surface area contributed by atoms with Crippen LogP contribution in [0.1, 0.15) is 11.3 Å². The highest BCUT2D eigenvalue weighted by atomic mass is 16.5. The van der Waals surface area contributed by atoms with Gasteiger partial charge in [0, 0.05) is 11.6 Å². The van der Waals surface area contributed by atoms with Gasteiger partial charge in [0.05, 0.1) is 7.11 Å². The van der Waals surface area contributed by atoms with Crippen LogP contribution in [0, 0.1) is 0 Å². The van der Waals surface area contributed by atoms with E-state index in [2.05, 4.69) is 5.16 Å². The van der Waals surface area contributed by atoms with E-state index in [0.29, 0.717) is 0 Å². The molecule has 0 aliphatic rings. The van der Waals surface area contributed by atoms with Crippen LogP contribution >= 0.6 is 0 Å². The smallest absolute Gasteiger partial charge is 0.160 e. The molecule has 0 saturated carbocycles. The van der Waals surface area contributed by atoms with Gasteiger partial charge in [-0.3, -0.25) is 0 Å². The van der Waals surface area contributed by atoms with Crippen molar-refractivity contribution in [3.8, 4) is 17.0 Å². The summed E-state index contributed by atoms with van der Waals surface area (Å²) >= 11 is 0. The summed E-state index contributed by atoms with van der Waals surface area (Å²) in [6.07, 6.45) is 3.91. The second-order valence-electron chi connectivity index (χ2n) is 4.59. The molecule has 3 heteroatoms. The lowest BCUT2D eigenvalue weighted by molar-refractivity contribution is 0.413. The molecule has 104 valence electrons. The van der Waals surface area contributed by atoms with Crippen molar-refractivity contribution in [2.24, 2.45) is 0 Å². The van der Waals surface area contributed by atoms with E-state index >= 15 is 0 Å². The summed E-state index contributed by atoms with van der Waals surface area (Å²) in [4.78, 5) is 0. The normalized spacial score (nSPS) is 10.9. The molecular formula is C18H15NO2. The molecule has 0 N–H and O–H groups in total. The molecule has 3 aromatic rings. The quantitative estimate of drug-likeness (QED) is 0.703. The molecule has 0 radical (unpaired) electrons. The predicted octanol–water partition coefficient (Wildman–Crippen LogP) is 4.52. The van der Waals surface area contributed by atoms with Crippen molar-refractivity contribution in [3.63, 3.8) is 0 Å². The lowest BCUT2D eigenvalue weighted by atomic mass is 10.1. The van der Waals surface area contributed by atoms with Crippen LogP contribution in [-0.2, 0) is 0 Å². The molecule has 0 amide bonds. The Morgan fingerprint density at radius 2 is 1.71 bits per heavy atom. The lowest BCUT2D eigenvalue weighted by Gasteiger charge is -1.99. The summed E-state index contributed by atoms with van der Waals surface area (Å²) in [6, 6.07) is 19.7. The summed E-state index contributed by atoms with van der Waals surface area (Å²) in [5.41, 5.74) is 2.93. The topological polar surface area (TPSA) is 35.3 Å². The number of hydrogen-bond acceptors (Lipinski definition) is 3. The van der Waals surface area contributed by atoms with Gasteiger partial charge in [-0.1, -0.05) is 41.6 Å². The maximum Gasteiger partial charge on any atom is 0.160 e. The highest BCUT2D eigenvalue weighted by Crippen LogP contribution is 2.22. The maximum absolute atomic E-state index is 5.33. The summed E-state index contributed by atoms with van der Waals surface area (Å²) < 4.78 is 10.5. The number of hydrogen-bond donors (Lipinski definition) is 0. The third-order valence-corrected chi connectivity index (χ3v) is 3.15. The van der Waals surface area contributed by atoms with E-state index in [4.69, 9.17) is 9.26 Å². The van der Waals surface area contributed by atoms with Gasteiger partial charge in [-0.25, -0.2) is 0 Å². The standard InChI is InChI=1S/C18H15NO2/c1-20-16-11-8-15(9-12-16)18-13-17(21-19-18)10-7-14-5-3-2-4-6-14/h2-13H,1H3. The third-order valence-electron chi connectivity index (χ3n) is 3.15. The molecule has 0 unspecified atom stereocenters. The Morgan fingerprint density at radius 1 is 0.952 bits per heavy atom. The average Bonchev–Trinajstić information content (AvgIpc) is 3.03. The molecule has 0 saturated heterocycles. The molecule has 0 spiro atoms. The van der Waals surface area contributed by atoms with Crippen molar-refractivity contribution in [2.45, 2.75) is 0 Å². The number of benzene rings is 2. The Labute approximate surface area is 123 Å². The summed E-state index contributed by atoms with van der Waals surface area (Å²) in [5.74, 6) is 1.55. The van der Waals surface area contributed by atoms with Crippen LogP contribution < -0.4 is 4.74 Å². The first-order chi connectivity index (χ1) is 10.3. The van der Waals surface area contributed by atoms with Gasteiger partial charge in [0.1, 0.15) is 11.4 Å². The number of nitrogens with zero attached hydrogens (tertiary/aromatic N) is 1. The number of aromatic nitrogens is 1. The monoisotopic (exact) mass is 277 g/mol. The molecule has 3 rings (SSSR count). The van der Waals surface area contributed by atoms with Crippen molar-refractivity contribution < 1.29 is 9.26 Å². The second-order valence-corrected chi connectivity index (χ2v) is 4.59. The summed E-state index contributed by atoms with van der Waals surface area (Å²) in [7, 11) is 1.65. The molecule has 0 bridgehead atoms. The van der Waals surface area contributed by atoms with Gasteiger partial charge >= 0.3 is 0 Å². The number of rotatable bonds is 4. The third kappa shape index (κ3) is 3.20. The fourth-order valence-electron chi connectivity index (χ4n) is 2.01. The van der Waals surface area contributed by atoms with Gasteiger partial charge in [0.2, 0.25) is 0 Å². The van der Waals surface area contributed by atoms with E-state index < -0.39 is 0 Å². The van der Waals surface area contributed by atoms with E-state index in [1.54, 1.807) is 7.11 Å². The lowest BCUT2D eigenvalue weighted by Crippen LogP contribution is -1.82. The Hall–Kier alpha value is -2.81. The Kier molecular flexibility index (Phi) is 3.83. The minimum absolute atomic E-state index is 0.727. The molecule has 1 heterocycles. The minimum Gasteiger partial charge on any atom is -0.497 e. The zero-order valence-electron chi connectivity index (χ0n) is 11.7. The molecule has 0 aliphatic carbocycles. The van der Waals surface area contributed by atoms with Gasteiger partial charge in [-0.15, -0.1) is 0 Å². The van der Waals surface area contributed by atoms with Crippen molar-refractivity contribution in [2.75, 3.05) is 7.11 Å². The van der Waals surface area contributed by atoms with Crippen molar-refractivity contribution in [1.29, 1.82) is 0 Å². The molecule has 0 aliphatic heterocycles. The first kappa shape index (κ1) is 13.2. The fraction of sp³-hybridized carbons (Fsp3) is 0.0556. The van der Waals surface area contributed by atoms with Gasteiger partial charge in [-0.05, 0) is 35.9 Å². The van der Waals surface area contributed by atoms with E-state index in [-0.39, 0.29) is 0 Å². The van der Waals surface area contributed by atoms with Crippen LogP contribution in [-0.4, -0.2) is 12.3 Å². The molecule has 3 nitrogen and oxygen atoms in total. The van der Waals surface area contributed by atoms with Crippen LogP contribution in [0.15, 0.2) is 65.2 Å². The van der Waals surface area contributed by atoms with Gasteiger partial charge < -0.3 is 9.26 Å². The van der Waals surface area contributed by atoms with Crippen molar-refractivity contribution >= 4 is 12.2 Å². The molecule has 0 fully saturated rings. The SMILES string of the molecule is COc1ccc(-c2cc(C=Cc3ccccc3)on2)cc1. The summed E-state index contributed by atoms with van der Waals surface area (Å²) in [5, 5.41) is 4.09. The molecule has 2 aromatic carbocycles. The zero-order chi connectivity index (χ0) is 14.5. The van der Waals surface area contributed by atoms with E-state index in [0.717, 1.165) is 28.3 Å². The van der Waals surface area contributed by atoms with Gasteiger partial charge in [-0.2, -0.15) is 0 Å². The molecule has 21 heavy (non-hydrogen) atoms.